The van der Waals surface area contributed by atoms with Crippen LogP contribution in [0.5, 0.6) is 0 Å². The lowest BCUT2D eigenvalue weighted by Gasteiger charge is -2.27. The minimum absolute atomic E-state index is 0.163. The first-order chi connectivity index (χ1) is 15.1. The summed E-state index contributed by atoms with van der Waals surface area (Å²) in [5.41, 5.74) is 7.49. The van der Waals surface area contributed by atoms with Crippen molar-refractivity contribution in [2.75, 3.05) is 0 Å². The lowest BCUT2D eigenvalue weighted by Crippen LogP contribution is -2.19. The fourth-order valence-electron chi connectivity index (χ4n) is 4.35. The molecule has 0 unspecified atom stereocenters. The van der Waals surface area contributed by atoms with Crippen molar-refractivity contribution in [2.45, 2.75) is 39.0 Å². The highest BCUT2D eigenvalue weighted by molar-refractivity contribution is 6.12. The van der Waals surface area contributed by atoms with Crippen LogP contribution in [-0.4, -0.2) is 9.97 Å². The Kier molecular flexibility index (Phi) is 4.82. The third-order valence-electron chi connectivity index (χ3n) is 6.78. The number of nitrogens with zero attached hydrogens (tertiary/aromatic N) is 2. The highest BCUT2D eigenvalue weighted by Gasteiger charge is 2.23. The van der Waals surface area contributed by atoms with Gasteiger partial charge in [0.25, 0.3) is 0 Å². The lowest BCUT2D eigenvalue weighted by atomic mass is 9.78. The molecule has 5 rings (SSSR count). The molecular weight excluding hydrogens is 380 g/mol. The number of pyridine rings is 2. The zero-order valence-electron chi connectivity index (χ0n) is 18.2. The van der Waals surface area contributed by atoms with E-state index in [1.54, 1.807) is 6.20 Å². The summed E-state index contributed by atoms with van der Waals surface area (Å²) in [6.07, 6.45) is 7.86. The van der Waals surface area contributed by atoms with Crippen LogP contribution in [-0.2, 0) is 5.41 Å². The Bertz CT molecular complexity index is 1360. The monoisotopic (exact) mass is 406 g/mol. The van der Waals surface area contributed by atoms with E-state index in [1.165, 1.54) is 5.56 Å². The molecule has 5 aromatic rings. The van der Waals surface area contributed by atoms with E-state index in [4.69, 9.17) is 9.40 Å². The van der Waals surface area contributed by atoms with Crippen molar-refractivity contribution in [1.29, 1.82) is 0 Å². The van der Waals surface area contributed by atoms with Gasteiger partial charge in [-0.1, -0.05) is 51.1 Å². The van der Waals surface area contributed by atoms with Gasteiger partial charge in [-0.05, 0) is 59.7 Å². The van der Waals surface area contributed by atoms with Gasteiger partial charge < -0.3 is 4.42 Å². The van der Waals surface area contributed by atoms with Crippen molar-refractivity contribution in [3.05, 3.63) is 84.8 Å². The van der Waals surface area contributed by atoms with Gasteiger partial charge in [0, 0.05) is 34.3 Å². The van der Waals surface area contributed by atoms with Crippen LogP contribution >= 0.6 is 0 Å². The molecule has 0 N–H and O–H groups in total. The quantitative estimate of drug-likeness (QED) is 0.299. The van der Waals surface area contributed by atoms with Crippen molar-refractivity contribution in [3.8, 4) is 22.4 Å². The van der Waals surface area contributed by atoms with Crippen molar-refractivity contribution < 1.29 is 4.42 Å². The third kappa shape index (κ3) is 3.31. The highest BCUT2D eigenvalue weighted by Crippen LogP contribution is 2.38. The van der Waals surface area contributed by atoms with E-state index in [1.807, 2.05) is 24.5 Å². The van der Waals surface area contributed by atoms with Crippen molar-refractivity contribution in [1.82, 2.24) is 9.97 Å². The zero-order valence-corrected chi connectivity index (χ0v) is 18.2. The van der Waals surface area contributed by atoms with Crippen LogP contribution in [0.1, 0.15) is 39.2 Å². The second-order valence-corrected chi connectivity index (χ2v) is 8.44. The maximum Gasteiger partial charge on any atom is 0.154 e. The molecule has 3 aromatic heterocycles. The molecule has 2 aromatic carbocycles. The normalized spacial score (nSPS) is 12.0. The fraction of sp³-hybridized carbons (Fsp3) is 0.214. The van der Waals surface area contributed by atoms with Crippen LogP contribution in [0.2, 0.25) is 0 Å². The van der Waals surface area contributed by atoms with E-state index in [9.17, 15) is 0 Å². The number of benzene rings is 2. The molecule has 3 heteroatoms. The molecule has 0 aliphatic heterocycles. The average Bonchev–Trinajstić information content (AvgIpc) is 3.22. The predicted octanol–water partition coefficient (Wildman–Crippen LogP) is 7.79. The van der Waals surface area contributed by atoms with Crippen LogP contribution in [0.25, 0.3) is 44.3 Å². The second kappa shape index (κ2) is 7.66. The van der Waals surface area contributed by atoms with Gasteiger partial charge in [0.1, 0.15) is 5.58 Å². The molecule has 0 atom stereocenters. The van der Waals surface area contributed by atoms with Crippen LogP contribution in [0.3, 0.4) is 0 Å². The topological polar surface area (TPSA) is 38.9 Å². The van der Waals surface area contributed by atoms with E-state index in [0.717, 1.165) is 57.2 Å². The largest absolute Gasteiger partial charge is 0.454 e. The molecule has 0 spiro atoms. The van der Waals surface area contributed by atoms with E-state index >= 15 is 0 Å². The number of furan rings is 1. The van der Waals surface area contributed by atoms with Gasteiger partial charge in [-0.15, -0.1) is 0 Å². The van der Waals surface area contributed by atoms with Gasteiger partial charge in [0.15, 0.2) is 5.58 Å². The van der Waals surface area contributed by atoms with Crippen LogP contribution in [0.4, 0.5) is 0 Å². The molecule has 3 nitrogen and oxygen atoms in total. The zero-order chi connectivity index (χ0) is 21.4. The molecule has 31 heavy (non-hydrogen) atoms. The molecule has 0 radical (unpaired) electrons. The van der Waals surface area contributed by atoms with Crippen LogP contribution in [0.15, 0.2) is 83.7 Å². The SMILES string of the molecule is CCC(C)(CC)c1ccnc(-c2ccc3oc4cncc(-c5ccccc5)c4c3c2)c1. The number of aromatic nitrogens is 2. The average molecular weight is 407 g/mol. The minimum atomic E-state index is 0.163. The van der Waals surface area contributed by atoms with E-state index < -0.39 is 0 Å². The Hall–Kier alpha value is -3.46. The van der Waals surface area contributed by atoms with Crippen molar-refractivity contribution in [2.24, 2.45) is 0 Å². The number of hydrogen-bond acceptors (Lipinski definition) is 3. The van der Waals surface area contributed by atoms with Crippen molar-refractivity contribution in [3.63, 3.8) is 0 Å². The molecule has 0 aliphatic carbocycles. The Morgan fingerprint density at radius 1 is 0.839 bits per heavy atom. The maximum atomic E-state index is 6.14. The van der Waals surface area contributed by atoms with Gasteiger partial charge >= 0.3 is 0 Å². The van der Waals surface area contributed by atoms with E-state index in [-0.39, 0.29) is 5.41 Å². The molecule has 0 amide bonds. The summed E-state index contributed by atoms with van der Waals surface area (Å²) >= 11 is 0. The summed E-state index contributed by atoms with van der Waals surface area (Å²) in [7, 11) is 0. The maximum absolute atomic E-state index is 6.14. The summed E-state index contributed by atoms with van der Waals surface area (Å²) in [5, 5.41) is 2.19. The summed E-state index contributed by atoms with van der Waals surface area (Å²) in [4.78, 5) is 9.12. The molecule has 0 saturated carbocycles. The molecule has 0 bridgehead atoms. The number of rotatable bonds is 5. The Morgan fingerprint density at radius 2 is 1.65 bits per heavy atom. The van der Waals surface area contributed by atoms with Gasteiger partial charge in [0.2, 0.25) is 0 Å². The second-order valence-electron chi connectivity index (χ2n) is 8.44. The Morgan fingerprint density at radius 3 is 2.42 bits per heavy atom. The molecule has 0 aliphatic rings. The number of fused-ring (bicyclic) bond motifs is 3. The summed E-state index contributed by atoms with van der Waals surface area (Å²) in [6, 6.07) is 21.1. The summed E-state index contributed by atoms with van der Waals surface area (Å²) in [6.45, 7) is 6.84. The lowest BCUT2D eigenvalue weighted by molar-refractivity contribution is 0.438. The first-order valence-electron chi connectivity index (χ1n) is 11.0. The highest BCUT2D eigenvalue weighted by atomic mass is 16.3. The van der Waals surface area contributed by atoms with Crippen LogP contribution in [0, 0.1) is 0 Å². The van der Waals surface area contributed by atoms with Gasteiger partial charge in [-0.3, -0.25) is 9.97 Å². The van der Waals surface area contributed by atoms with Gasteiger partial charge in [0.05, 0.1) is 11.9 Å². The molecule has 3 heterocycles. The summed E-state index contributed by atoms with van der Waals surface area (Å²) in [5.74, 6) is 0. The first-order valence-corrected chi connectivity index (χ1v) is 11.0. The van der Waals surface area contributed by atoms with Crippen molar-refractivity contribution >= 4 is 21.9 Å². The minimum Gasteiger partial charge on any atom is -0.454 e. The first kappa shape index (κ1) is 19.5. The standard InChI is InChI=1S/C28H26N2O/c1-4-28(3,5-2)21-13-14-30-24(16-21)20-11-12-25-22(15-20)27-23(17-29-18-26(27)31-25)19-9-7-6-8-10-19/h6-18H,4-5H2,1-3H3. The van der Waals surface area contributed by atoms with E-state index in [0.29, 0.717) is 0 Å². The third-order valence-corrected chi connectivity index (χ3v) is 6.78. The Balaban J connectivity index is 1.70. The molecule has 0 fully saturated rings. The van der Waals surface area contributed by atoms with Crippen LogP contribution < -0.4 is 0 Å². The fourth-order valence-corrected chi connectivity index (χ4v) is 4.35. The Labute approximate surface area is 182 Å². The smallest absolute Gasteiger partial charge is 0.154 e. The van der Waals surface area contributed by atoms with E-state index in [2.05, 4.69) is 74.3 Å². The van der Waals surface area contributed by atoms with Gasteiger partial charge in [-0.2, -0.15) is 0 Å². The molecular formula is C28H26N2O. The molecule has 0 saturated heterocycles. The molecule has 154 valence electrons. The number of hydrogen-bond donors (Lipinski definition) is 0. The van der Waals surface area contributed by atoms with Gasteiger partial charge in [-0.25, -0.2) is 0 Å². The summed E-state index contributed by atoms with van der Waals surface area (Å²) < 4.78 is 6.14. The predicted molar refractivity (Wildman–Crippen MR) is 128 cm³/mol.